The summed E-state index contributed by atoms with van der Waals surface area (Å²) in [5.74, 6) is 0.852. The summed E-state index contributed by atoms with van der Waals surface area (Å²) in [5.41, 5.74) is 4.59. The van der Waals surface area contributed by atoms with E-state index in [-0.39, 0.29) is 17.2 Å². The molecule has 0 unspecified atom stereocenters. The average molecular weight is 445 g/mol. The van der Waals surface area contributed by atoms with Crippen molar-refractivity contribution in [2.45, 2.75) is 37.2 Å². The zero-order chi connectivity index (χ0) is 20.5. The van der Waals surface area contributed by atoms with Crippen LogP contribution in [-0.2, 0) is 11.2 Å². The minimum Gasteiger partial charge on any atom is -0.301 e. The number of aryl methyl sites for hydroxylation is 4. The van der Waals surface area contributed by atoms with E-state index in [2.05, 4.69) is 16.4 Å². The Hall–Kier alpha value is -2.10. The van der Waals surface area contributed by atoms with Crippen molar-refractivity contribution >= 4 is 45.9 Å². The third kappa shape index (κ3) is 4.41. The van der Waals surface area contributed by atoms with Gasteiger partial charge in [-0.15, -0.1) is 23.1 Å². The number of amides is 1. The van der Waals surface area contributed by atoms with Crippen molar-refractivity contribution in [1.29, 1.82) is 0 Å². The average Bonchev–Trinajstić information content (AvgIpc) is 3.28. The Balaban J connectivity index is 1.66. The number of nitrogens with one attached hydrogen (secondary N) is 1. The van der Waals surface area contributed by atoms with Gasteiger partial charge in [-0.3, -0.25) is 14.2 Å². The van der Waals surface area contributed by atoms with Crippen LogP contribution < -0.4 is 10.9 Å². The van der Waals surface area contributed by atoms with Crippen LogP contribution in [0.5, 0.6) is 0 Å². The Morgan fingerprint density at radius 1 is 1.21 bits per heavy atom. The van der Waals surface area contributed by atoms with Crippen molar-refractivity contribution in [2.75, 3.05) is 16.8 Å². The maximum absolute atomic E-state index is 13.2. The van der Waals surface area contributed by atoms with E-state index in [1.54, 1.807) is 16.3 Å². The highest BCUT2D eigenvalue weighted by molar-refractivity contribution is 8.00. The number of anilines is 1. The molecule has 0 fully saturated rings. The molecule has 1 aliphatic heterocycles. The minimum absolute atomic E-state index is 0.0547. The molecule has 1 amide bonds. The molecule has 1 aromatic carbocycles. The third-order valence-corrected chi connectivity index (χ3v) is 7.25. The molecule has 0 saturated carbocycles. The first-order valence-corrected chi connectivity index (χ1v) is 12.0. The number of thiazole rings is 1. The molecule has 6 nitrogen and oxygen atoms in total. The van der Waals surface area contributed by atoms with E-state index in [4.69, 9.17) is 4.98 Å². The van der Waals surface area contributed by atoms with Gasteiger partial charge in [-0.25, -0.2) is 9.97 Å². The molecule has 0 atom stereocenters. The van der Waals surface area contributed by atoms with Crippen LogP contribution >= 0.6 is 34.9 Å². The summed E-state index contributed by atoms with van der Waals surface area (Å²) < 4.78 is 1.64. The van der Waals surface area contributed by atoms with Crippen LogP contribution in [0.4, 0.5) is 5.13 Å². The van der Waals surface area contributed by atoms with E-state index in [9.17, 15) is 9.59 Å². The van der Waals surface area contributed by atoms with Crippen LogP contribution in [0.3, 0.4) is 0 Å². The highest BCUT2D eigenvalue weighted by atomic mass is 32.2. The molecule has 0 aliphatic carbocycles. The molecule has 0 spiro atoms. The van der Waals surface area contributed by atoms with Crippen LogP contribution in [0.25, 0.3) is 5.69 Å². The summed E-state index contributed by atoms with van der Waals surface area (Å²) in [5, 5.41) is 5.82. The summed E-state index contributed by atoms with van der Waals surface area (Å²) >= 11 is 4.23. The van der Waals surface area contributed by atoms with Crippen LogP contribution in [0.15, 0.2) is 38.4 Å². The van der Waals surface area contributed by atoms with Crippen LogP contribution in [0.1, 0.15) is 22.5 Å². The summed E-state index contributed by atoms with van der Waals surface area (Å²) in [7, 11) is 0. The molecular weight excluding hydrogens is 424 g/mol. The zero-order valence-corrected chi connectivity index (χ0v) is 18.8. The lowest BCUT2D eigenvalue weighted by Gasteiger charge is -2.14. The number of carbonyl (C=O) groups excluding carboxylic acids is 1. The Morgan fingerprint density at radius 3 is 2.66 bits per heavy atom. The number of carbonyl (C=O) groups is 1. The minimum atomic E-state index is -0.166. The largest absolute Gasteiger partial charge is 0.301 e. The first-order chi connectivity index (χ1) is 13.9. The molecule has 29 heavy (non-hydrogen) atoms. The molecular formula is C20H20N4O2S3. The predicted molar refractivity (Wildman–Crippen MR) is 120 cm³/mol. The van der Waals surface area contributed by atoms with Crippen molar-refractivity contribution in [1.82, 2.24) is 14.5 Å². The second-order valence-corrected chi connectivity index (χ2v) is 9.79. The lowest BCUT2D eigenvalue weighted by Crippen LogP contribution is -2.25. The van der Waals surface area contributed by atoms with Gasteiger partial charge < -0.3 is 5.32 Å². The Labute approximate surface area is 181 Å². The van der Waals surface area contributed by atoms with E-state index < -0.39 is 0 Å². The molecule has 0 saturated heterocycles. The maximum Gasteiger partial charge on any atom is 0.272 e. The van der Waals surface area contributed by atoms with Gasteiger partial charge in [0.25, 0.3) is 5.56 Å². The topological polar surface area (TPSA) is 76.9 Å². The van der Waals surface area contributed by atoms with E-state index in [0.717, 1.165) is 45.3 Å². The number of benzene rings is 1. The van der Waals surface area contributed by atoms with Gasteiger partial charge >= 0.3 is 0 Å². The zero-order valence-electron chi connectivity index (χ0n) is 16.3. The van der Waals surface area contributed by atoms with Gasteiger partial charge in [-0.2, -0.15) is 0 Å². The smallest absolute Gasteiger partial charge is 0.272 e. The molecule has 1 N–H and O–H groups in total. The first-order valence-electron chi connectivity index (χ1n) is 9.13. The van der Waals surface area contributed by atoms with Crippen molar-refractivity contribution in [3.8, 4) is 5.69 Å². The summed E-state index contributed by atoms with van der Waals surface area (Å²) in [6.45, 7) is 5.90. The van der Waals surface area contributed by atoms with Gasteiger partial charge in [0.05, 0.1) is 27.7 Å². The number of rotatable bonds is 5. The molecule has 0 bridgehead atoms. The molecule has 4 rings (SSSR count). The van der Waals surface area contributed by atoms with E-state index in [1.807, 2.05) is 38.3 Å². The fourth-order valence-electron chi connectivity index (χ4n) is 3.19. The third-order valence-electron chi connectivity index (χ3n) is 4.33. The lowest BCUT2D eigenvalue weighted by atomic mass is 10.1. The second kappa shape index (κ2) is 8.33. The highest BCUT2D eigenvalue weighted by Crippen LogP contribution is 2.30. The molecule has 1 aliphatic rings. The quantitative estimate of drug-likeness (QED) is 0.474. The Morgan fingerprint density at radius 2 is 1.97 bits per heavy atom. The SMILES string of the molecule is Cc1cc(C)cc(-n2c(SCC(=O)Nc3nc(C)cs3)nc3c(c2=O)SCC3)c1. The first kappa shape index (κ1) is 20.2. The van der Waals surface area contributed by atoms with Crippen molar-refractivity contribution in [3.05, 3.63) is 56.4 Å². The second-order valence-electron chi connectivity index (χ2n) is 6.89. The highest BCUT2D eigenvalue weighted by Gasteiger charge is 2.23. The van der Waals surface area contributed by atoms with Gasteiger partial charge in [-0.1, -0.05) is 17.8 Å². The number of thioether (sulfide) groups is 2. The lowest BCUT2D eigenvalue weighted by molar-refractivity contribution is -0.113. The van der Waals surface area contributed by atoms with Gasteiger partial charge in [0.15, 0.2) is 10.3 Å². The van der Waals surface area contributed by atoms with Crippen molar-refractivity contribution in [3.63, 3.8) is 0 Å². The van der Waals surface area contributed by atoms with Gasteiger partial charge in [0.1, 0.15) is 0 Å². The molecule has 3 heterocycles. The molecule has 150 valence electrons. The van der Waals surface area contributed by atoms with Crippen molar-refractivity contribution < 1.29 is 4.79 Å². The molecule has 9 heteroatoms. The maximum atomic E-state index is 13.2. The van der Waals surface area contributed by atoms with E-state index in [1.165, 1.54) is 23.1 Å². The normalized spacial score (nSPS) is 12.8. The number of nitrogens with zero attached hydrogens (tertiary/aromatic N) is 3. The van der Waals surface area contributed by atoms with Crippen molar-refractivity contribution in [2.24, 2.45) is 0 Å². The fourth-order valence-corrected chi connectivity index (χ4v) is 5.75. The van der Waals surface area contributed by atoms with E-state index >= 15 is 0 Å². The molecule has 0 radical (unpaired) electrons. The number of hydrogen-bond donors (Lipinski definition) is 1. The molecule has 2 aromatic heterocycles. The standard InChI is InChI=1S/C20H20N4O2S3/c1-11-6-12(2)8-14(7-11)24-18(26)17-15(4-5-27-17)22-20(24)29-10-16(25)23-19-21-13(3)9-28-19/h6-9H,4-5,10H2,1-3H3,(H,21,23,25). The fraction of sp³-hybridized carbons (Fsp3) is 0.300. The number of hydrogen-bond acceptors (Lipinski definition) is 7. The predicted octanol–water partition coefficient (Wildman–Crippen LogP) is 3.99. The number of fused-ring (bicyclic) bond motifs is 1. The summed E-state index contributed by atoms with van der Waals surface area (Å²) in [6.07, 6.45) is 0.779. The van der Waals surface area contributed by atoms with Crippen LogP contribution in [-0.4, -0.2) is 31.9 Å². The van der Waals surface area contributed by atoms with E-state index in [0.29, 0.717) is 10.3 Å². The van der Waals surface area contributed by atoms with Crippen LogP contribution in [0, 0.1) is 20.8 Å². The van der Waals surface area contributed by atoms with Gasteiger partial charge in [0.2, 0.25) is 5.91 Å². The Kier molecular flexibility index (Phi) is 5.80. The number of aromatic nitrogens is 3. The monoisotopic (exact) mass is 444 g/mol. The summed E-state index contributed by atoms with van der Waals surface area (Å²) in [6, 6.07) is 6.02. The summed E-state index contributed by atoms with van der Waals surface area (Å²) in [4.78, 5) is 35.3. The van der Waals surface area contributed by atoms with Crippen LogP contribution in [0.2, 0.25) is 0 Å². The Bertz CT molecular complexity index is 1130. The van der Waals surface area contributed by atoms with Gasteiger partial charge in [-0.05, 0) is 44.0 Å². The molecule has 3 aromatic rings. The van der Waals surface area contributed by atoms with Gasteiger partial charge in [0, 0.05) is 17.6 Å².